The number of aromatic hydroxyl groups is 1. The molecule has 10 nitrogen and oxygen atoms in total. The molecule has 2 aromatic heterocycles. The number of carbonyl (C=O) groups is 2. The van der Waals surface area contributed by atoms with Crippen LogP contribution in [0.2, 0.25) is 0 Å². The second kappa shape index (κ2) is 8.18. The van der Waals surface area contributed by atoms with Gasteiger partial charge in [0.15, 0.2) is 5.56 Å². The summed E-state index contributed by atoms with van der Waals surface area (Å²) < 4.78 is 7.80. The van der Waals surface area contributed by atoms with Gasteiger partial charge in [0.2, 0.25) is 11.8 Å². The Morgan fingerprint density at radius 1 is 1.35 bits per heavy atom. The number of amides is 2. The van der Waals surface area contributed by atoms with Crippen LogP contribution in [0.4, 0.5) is 0 Å². The highest BCUT2D eigenvalue weighted by Gasteiger charge is 2.31. The quantitative estimate of drug-likeness (QED) is 0.623. The number of hydrogen-bond acceptors (Lipinski definition) is 6. The molecule has 3 heterocycles. The van der Waals surface area contributed by atoms with Gasteiger partial charge in [-0.05, 0) is 24.8 Å². The fourth-order valence-corrected chi connectivity index (χ4v) is 3.58. The molecule has 0 bridgehead atoms. The van der Waals surface area contributed by atoms with E-state index >= 15 is 0 Å². The number of aromatic nitrogens is 3. The number of hydrogen-bond donors (Lipinski definition) is 2. The Balaban J connectivity index is 1.72. The van der Waals surface area contributed by atoms with Gasteiger partial charge < -0.3 is 20.1 Å². The zero-order chi connectivity index (χ0) is 22.3. The lowest BCUT2D eigenvalue weighted by molar-refractivity contribution is -0.137. The maximum absolute atomic E-state index is 13.0. The zero-order valence-corrected chi connectivity index (χ0v) is 17.9. The smallest absolute Gasteiger partial charge is 0.291 e. The molecule has 0 unspecified atom stereocenters. The Morgan fingerprint density at radius 2 is 2.06 bits per heavy atom. The van der Waals surface area contributed by atoms with Crippen LogP contribution in [0.5, 0.6) is 5.88 Å². The third kappa shape index (κ3) is 4.07. The van der Waals surface area contributed by atoms with Crippen LogP contribution in [0, 0.1) is 5.92 Å². The Kier molecular flexibility index (Phi) is 5.57. The van der Waals surface area contributed by atoms with Gasteiger partial charge in [-0.3, -0.25) is 19.0 Å². The number of fused-ring (bicyclic) bond motifs is 1. The van der Waals surface area contributed by atoms with E-state index in [0.29, 0.717) is 30.8 Å². The lowest BCUT2D eigenvalue weighted by Gasteiger charge is -2.37. The summed E-state index contributed by atoms with van der Waals surface area (Å²) in [6.07, 6.45) is 6.22. The highest BCUT2D eigenvalue weighted by atomic mass is 16.5. The molecule has 4 rings (SSSR count). The molecule has 1 saturated carbocycles. The summed E-state index contributed by atoms with van der Waals surface area (Å²) >= 11 is 0. The predicted octanol–water partition coefficient (Wildman–Crippen LogP) is 0.620. The van der Waals surface area contributed by atoms with Crippen molar-refractivity contribution in [2.75, 3.05) is 20.2 Å². The van der Waals surface area contributed by atoms with Gasteiger partial charge in [-0.2, -0.15) is 9.61 Å². The molecule has 31 heavy (non-hydrogen) atoms. The SMILES string of the molecule is COC1CN(C(=O)/C=C/c2cnn3c(=O)c(C(=O)NC4CC4)c(O)n(CC(C)C)c23)C1. The molecular formula is C21H27N5O5. The van der Waals surface area contributed by atoms with E-state index in [4.69, 9.17) is 4.74 Å². The summed E-state index contributed by atoms with van der Waals surface area (Å²) in [6.45, 7) is 5.36. The summed E-state index contributed by atoms with van der Waals surface area (Å²) in [5.74, 6) is -1.04. The molecule has 0 aromatic carbocycles. The van der Waals surface area contributed by atoms with E-state index < -0.39 is 17.3 Å². The molecule has 2 N–H and O–H groups in total. The minimum atomic E-state index is -0.692. The van der Waals surface area contributed by atoms with E-state index in [1.807, 2.05) is 13.8 Å². The van der Waals surface area contributed by atoms with Crippen molar-refractivity contribution in [1.29, 1.82) is 0 Å². The standard InChI is InChI=1S/C21H27N5O5/c1-12(2)9-25-19-13(4-7-16(27)24-10-15(11-24)31-3)8-22-26(19)21(30)17(20(25)29)18(28)23-14-5-6-14/h4,7-8,12,14-15,29H,5-6,9-11H2,1-3H3,(H,23,28)/b7-4+. The summed E-state index contributed by atoms with van der Waals surface area (Å²) in [7, 11) is 1.61. The summed E-state index contributed by atoms with van der Waals surface area (Å²) in [6, 6.07) is 0.0434. The first kappa shape index (κ1) is 21.1. The van der Waals surface area contributed by atoms with Crippen molar-refractivity contribution in [3.8, 4) is 5.88 Å². The van der Waals surface area contributed by atoms with Gasteiger partial charge in [0, 0.05) is 44.4 Å². The average Bonchev–Trinajstić information content (AvgIpc) is 3.38. The lowest BCUT2D eigenvalue weighted by Crippen LogP contribution is -2.53. The van der Waals surface area contributed by atoms with Gasteiger partial charge in [0.1, 0.15) is 5.65 Å². The number of nitrogens with one attached hydrogen (secondary N) is 1. The molecular weight excluding hydrogens is 402 g/mol. The largest absolute Gasteiger partial charge is 0.494 e. The Hall–Kier alpha value is -3.14. The highest BCUT2D eigenvalue weighted by molar-refractivity contribution is 5.97. The average molecular weight is 429 g/mol. The van der Waals surface area contributed by atoms with Crippen LogP contribution in [-0.4, -0.2) is 68.3 Å². The third-order valence-electron chi connectivity index (χ3n) is 5.50. The highest BCUT2D eigenvalue weighted by Crippen LogP contribution is 2.24. The number of methoxy groups -OCH3 is 1. The molecule has 2 aliphatic rings. The lowest BCUT2D eigenvalue weighted by atomic mass is 10.1. The van der Waals surface area contributed by atoms with Crippen LogP contribution >= 0.6 is 0 Å². The molecule has 1 saturated heterocycles. The van der Waals surface area contributed by atoms with Crippen molar-refractivity contribution in [2.24, 2.45) is 5.92 Å². The van der Waals surface area contributed by atoms with Gasteiger partial charge in [0.05, 0.1) is 12.3 Å². The van der Waals surface area contributed by atoms with Crippen LogP contribution in [0.25, 0.3) is 11.7 Å². The number of ether oxygens (including phenoxy) is 1. The first-order chi connectivity index (χ1) is 14.8. The van der Waals surface area contributed by atoms with Crippen molar-refractivity contribution < 1.29 is 19.4 Å². The molecule has 1 aliphatic heterocycles. The van der Waals surface area contributed by atoms with Gasteiger partial charge in [0.25, 0.3) is 11.5 Å². The topological polar surface area (TPSA) is 118 Å². The van der Waals surface area contributed by atoms with E-state index in [9.17, 15) is 19.5 Å². The van der Waals surface area contributed by atoms with Crippen molar-refractivity contribution in [3.05, 3.63) is 33.8 Å². The minimum Gasteiger partial charge on any atom is -0.494 e. The molecule has 0 radical (unpaired) electrons. The van der Waals surface area contributed by atoms with Gasteiger partial charge >= 0.3 is 0 Å². The maximum Gasteiger partial charge on any atom is 0.291 e. The van der Waals surface area contributed by atoms with E-state index in [1.165, 1.54) is 16.8 Å². The predicted molar refractivity (Wildman–Crippen MR) is 113 cm³/mol. The van der Waals surface area contributed by atoms with Crippen LogP contribution in [0.3, 0.4) is 0 Å². The monoisotopic (exact) mass is 429 g/mol. The molecule has 0 atom stereocenters. The van der Waals surface area contributed by atoms with Crippen molar-refractivity contribution in [3.63, 3.8) is 0 Å². The first-order valence-electron chi connectivity index (χ1n) is 10.4. The van der Waals surface area contributed by atoms with Crippen LogP contribution < -0.4 is 10.9 Å². The van der Waals surface area contributed by atoms with Crippen LogP contribution in [0.15, 0.2) is 17.1 Å². The summed E-state index contributed by atoms with van der Waals surface area (Å²) in [4.78, 5) is 39.6. The number of carbonyl (C=O) groups excluding carboxylic acids is 2. The van der Waals surface area contributed by atoms with Crippen molar-refractivity contribution in [1.82, 2.24) is 24.4 Å². The Bertz CT molecular complexity index is 1110. The summed E-state index contributed by atoms with van der Waals surface area (Å²) in [5.41, 5.74) is -0.177. The fraction of sp³-hybridized carbons (Fsp3) is 0.524. The Labute approximate surface area is 179 Å². The van der Waals surface area contributed by atoms with E-state index in [-0.39, 0.29) is 29.5 Å². The summed E-state index contributed by atoms with van der Waals surface area (Å²) in [5, 5.41) is 17.8. The van der Waals surface area contributed by atoms with E-state index in [2.05, 4.69) is 10.4 Å². The van der Waals surface area contributed by atoms with Crippen molar-refractivity contribution in [2.45, 2.75) is 45.4 Å². The molecule has 0 spiro atoms. The molecule has 10 heteroatoms. The van der Waals surface area contributed by atoms with Crippen molar-refractivity contribution >= 4 is 23.5 Å². The Morgan fingerprint density at radius 3 is 2.68 bits per heavy atom. The first-order valence-corrected chi connectivity index (χ1v) is 10.4. The molecule has 2 aromatic rings. The van der Waals surface area contributed by atoms with Gasteiger partial charge in [-0.1, -0.05) is 13.8 Å². The second-order valence-electron chi connectivity index (χ2n) is 8.53. The molecule has 2 amide bonds. The maximum atomic E-state index is 13.0. The number of rotatable bonds is 7. The fourth-order valence-electron chi connectivity index (χ4n) is 3.58. The van der Waals surface area contributed by atoms with Crippen LogP contribution in [-0.2, 0) is 16.1 Å². The molecule has 166 valence electrons. The minimum absolute atomic E-state index is 0.0434. The molecule has 2 fully saturated rings. The van der Waals surface area contributed by atoms with E-state index in [0.717, 1.165) is 17.4 Å². The normalized spacial score (nSPS) is 17.0. The zero-order valence-electron chi connectivity index (χ0n) is 17.9. The van der Waals surface area contributed by atoms with E-state index in [1.54, 1.807) is 18.1 Å². The molecule has 1 aliphatic carbocycles. The van der Waals surface area contributed by atoms with Crippen LogP contribution in [0.1, 0.15) is 42.6 Å². The van der Waals surface area contributed by atoms with Gasteiger partial charge in [-0.25, -0.2) is 0 Å². The van der Waals surface area contributed by atoms with Gasteiger partial charge in [-0.15, -0.1) is 0 Å². The second-order valence-corrected chi connectivity index (χ2v) is 8.53. The number of nitrogens with zero attached hydrogens (tertiary/aromatic N) is 4. The number of likely N-dealkylation sites (tertiary alicyclic amines) is 1. The third-order valence-corrected chi connectivity index (χ3v) is 5.50.